The second-order valence-corrected chi connectivity index (χ2v) is 12.7. The van der Waals surface area contributed by atoms with Crippen LogP contribution in [0.25, 0.3) is 0 Å². The number of methoxy groups -OCH3 is 1. The monoisotopic (exact) mass is 690 g/mol. The van der Waals surface area contributed by atoms with E-state index in [1.54, 1.807) is 32.9 Å². The highest BCUT2D eigenvalue weighted by Gasteiger charge is 2.36. The zero-order chi connectivity index (χ0) is 36.4. The van der Waals surface area contributed by atoms with Gasteiger partial charge in [-0.25, -0.2) is 9.59 Å². The second-order valence-electron chi connectivity index (χ2n) is 12.7. The predicted octanol–water partition coefficient (Wildman–Crippen LogP) is 5.25. The SMILES string of the molecule is COC(=O)[C@H](C/C=C/[C@H](NC(C)=O)[C@@H](OCc1ccccc1)[C@H](OCc1ccccc1)[C@H](O)COCc1ccccc1)NC(=O)OC(C)(C)C. The minimum atomic E-state index is -1.18. The number of benzene rings is 3. The molecule has 3 aromatic rings. The van der Waals surface area contributed by atoms with Crippen LogP contribution in [0.3, 0.4) is 0 Å². The Morgan fingerprint density at radius 3 is 1.74 bits per heavy atom. The number of carbonyl (C=O) groups is 3. The minimum absolute atomic E-state index is 0.00564. The summed E-state index contributed by atoms with van der Waals surface area (Å²) < 4.78 is 29.0. The highest BCUT2D eigenvalue weighted by molar-refractivity contribution is 5.81. The third-order valence-corrected chi connectivity index (χ3v) is 7.29. The molecule has 0 aliphatic carbocycles. The summed E-state index contributed by atoms with van der Waals surface area (Å²) in [5.74, 6) is -1.04. The van der Waals surface area contributed by atoms with Gasteiger partial charge in [0.1, 0.15) is 30.0 Å². The van der Waals surface area contributed by atoms with Crippen LogP contribution in [0.5, 0.6) is 0 Å². The number of nitrogens with one attached hydrogen (secondary N) is 2. The summed E-state index contributed by atoms with van der Waals surface area (Å²) in [5.41, 5.74) is 1.91. The van der Waals surface area contributed by atoms with Gasteiger partial charge in [-0.1, -0.05) is 103 Å². The smallest absolute Gasteiger partial charge is 0.408 e. The molecule has 11 nitrogen and oxygen atoms in total. The number of ether oxygens (including phenoxy) is 5. The van der Waals surface area contributed by atoms with Gasteiger partial charge in [0, 0.05) is 6.92 Å². The predicted molar refractivity (Wildman–Crippen MR) is 189 cm³/mol. The van der Waals surface area contributed by atoms with Crippen LogP contribution >= 0.6 is 0 Å². The van der Waals surface area contributed by atoms with E-state index in [0.29, 0.717) is 0 Å². The first-order chi connectivity index (χ1) is 23.9. The van der Waals surface area contributed by atoms with E-state index in [1.165, 1.54) is 14.0 Å². The maximum absolute atomic E-state index is 12.6. The molecule has 270 valence electrons. The number of hydrogen-bond acceptors (Lipinski definition) is 9. The van der Waals surface area contributed by atoms with Crippen molar-refractivity contribution in [3.63, 3.8) is 0 Å². The Morgan fingerprint density at radius 2 is 1.26 bits per heavy atom. The Morgan fingerprint density at radius 1 is 0.760 bits per heavy atom. The van der Waals surface area contributed by atoms with Gasteiger partial charge >= 0.3 is 12.1 Å². The Bertz CT molecular complexity index is 1460. The van der Waals surface area contributed by atoms with Crippen LogP contribution < -0.4 is 10.6 Å². The van der Waals surface area contributed by atoms with E-state index in [0.717, 1.165) is 16.7 Å². The maximum Gasteiger partial charge on any atom is 0.408 e. The van der Waals surface area contributed by atoms with Crippen LogP contribution in [-0.2, 0) is 53.1 Å². The van der Waals surface area contributed by atoms with Crippen LogP contribution in [-0.4, -0.2) is 72.8 Å². The van der Waals surface area contributed by atoms with Gasteiger partial charge in [0.2, 0.25) is 5.91 Å². The van der Waals surface area contributed by atoms with Crippen molar-refractivity contribution in [1.82, 2.24) is 10.6 Å². The molecule has 0 saturated carbocycles. The molecule has 0 heterocycles. The zero-order valence-electron chi connectivity index (χ0n) is 29.5. The van der Waals surface area contributed by atoms with Crippen LogP contribution in [0.4, 0.5) is 4.79 Å². The number of hydrogen-bond donors (Lipinski definition) is 3. The number of carbonyl (C=O) groups excluding carboxylic acids is 3. The lowest BCUT2D eigenvalue weighted by atomic mass is 9.98. The molecule has 0 fully saturated rings. The van der Waals surface area contributed by atoms with E-state index in [2.05, 4.69) is 10.6 Å². The van der Waals surface area contributed by atoms with Gasteiger partial charge in [0.15, 0.2) is 0 Å². The number of esters is 1. The van der Waals surface area contributed by atoms with Crippen molar-refractivity contribution in [2.24, 2.45) is 0 Å². The molecule has 11 heteroatoms. The Balaban J connectivity index is 1.93. The topological polar surface area (TPSA) is 142 Å². The fourth-order valence-corrected chi connectivity index (χ4v) is 4.97. The Labute approximate surface area is 294 Å². The van der Waals surface area contributed by atoms with Crippen molar-refractivity contribution in [3.8, 4) is 0 Å². The quantitative estimate of drug-likeness (QED) is 0.114. The molecule has 50 heavy (non-hydrogen) atoms. The highest BCUT2D eigenvalue weighted by Crippen LogP contribution is 2.20. The first-order valence-corrected chi connectivity index (χ1v) is 16.6. The van der Waals surface area contributed by atoms with Crippen LogP contribution in [0.15, 0.2) is 103 Å². The molecule has 0 bridgehead atoms. The summed E-state index contributed by atoms with van der Waals surface area (Å²) in [6.45, 7) is 6.99. The van der Waals surface area contributed by atoms with Crippen molar-refractivity contribution in [2.45, 2.75) is 89.9 Å². The fraction of sp³-hybridized carbons (Fsp3) is 0.410. The van der Waals surface area contributed by atoms with E-state index in [-0.39, 0.29) is 38.8 Å². The summed E-state index contributed by atoms with van der Waals surface area (Å²) in [6, 6.07) is 26.6. The molecule has 0 aliphatic heterocycles. The van der Waals surface area contributed by atoms with Crippen molar-refractivity contribution in [1.29, 1.82) is 0 Å². The van der Waals surface area contributed by atoms with Crippen LogP contribution in [0.1, 0.15) is 50.8 Å². The van der Waals surface area contributed by atoms with E-state index in [9.17, 15) is 19.5 Å². The van der Waals surface area contributed by atoms with Crippen molar-refractivity contribution >= 4 is 18.0 Å². The molecule has 0 saturated heterocycles. The van der Waals surface area contributed by atoms with E-state index < -0.39 is 48.1 Å². The van der Waals surface area contributed by atoms with Gasteiger partial charge in [-0.2, -0.15) is 0 Å². The number of aliphatic hydroxyl groups excluding tert-OH is 1. The first kappa shape index (κ1) is 39.9. The first-order valence-electron chi connectivity index (χ1n) is 16.6. The average molecular weight is 691 g/mol. The maximum atomic E-state index is 12.6. The molecular formula is C39H50N2O9. The molecule has 2 amide bonds. The molecule has 3 N–H and O–H groups in total. The average Bonchev–Trinajstić information content (AvgIpc) is 3.08. The lowest BCUT2D eigenvalue weighted by Crippen LogP contribution is -2.54. The lowest BCUT2D eigenvalue weighted by Gasteiger charge is -2.35. The molecule has 0 spiro atoms. The lowest BCUT2D eigenvalue weighted by molar-refractivity contribution is -0.154. The molecule has 5 atom stereocenters. The van der Waals surface area contributed by atoms with Crippen molar-refractivity contribution in [3.05, 3.63) is 120 Å². The van der Waals surface area contributed by atoms with Crippen LogP contribution in [0, 0.1) is 0 Å². The minimum Gasteiger partial charge on any atom is -0.467 e. The number of aliphatic hydroxyl groups is 1. The normalized spacial score (nSPS) is 14.6. The molecule has 0 radical (unpaired) electrons. The van der Waals surface area contributed by atoms with E-state index >= 15 is 0 Å². The van der Waals surface area contributed by atoms with Gasteiger partial charge in [-0.05, 0) is 43.9 Å². The number of rotatable bonds is 19. The van der Waals surface area contributed by atoms with E-state index in [1.807, 2.05) is 91.0 Å². The number of alkyl carbamates (subject to hydrolysis) is 1. The van der Waals surface area contributed by atoms with Crippen LogP contribution in [0.2, 0.25) is 0 Å². The summed E-state index contributed by atoms with van der Waals surface area (Å²) in [4.78, 5) is 37.7. The molecule has 0 unspecified atom stereocenters. The largest absolute Gasteiger partial charge is 0.467 e. The number of amides is 2. The highest BCUT2D eigenvalue weighted by atomic mass is 16.6. The molecular weight excluding hydrogens is 640 g/mol. The van der Waals surface area contributed by atoms with Crippen molar-refractivity contribution in [2.75, 3.05) is 13.7 Å². The van der Waals surface area contributed by atoms with E-state index in [4.69, 9.17) is 23.7 Å². The Hall–Kier alpha value is -4.55. The molecule has 3 aromatic carbocycles. The molecule has 0 aliphatic rings. The fourth-order valence-electron chi connectivity index (χ4n) is 4.97. The summed E-state index contributed by atoms with van der Waals surface area (Å²) in [7, 11) is 1.22. The summed E-state index contributed by atoms with van der Waals surface area (Å²) in [5, 5.41) is 17.1. The Kier molecular flexibility index (Phi) is 16.6. The summed E-state index contributed by atoms with van der Waals surface area (Å²) >= 11 is 0. The third kappa shape index (κ3) is 14.9. The van der Waals surface area contributed by atoms with Gasteiger partial charge in [0.25, 0.3) is 0 Å². The molecule has 0 aromatic heterocycles. The van der Waals surface area contributed by atoms with Gasteiger partial charge in [-0.3, -0.25) is 4.79 Å². The van der Waals surface area contributed by atoms with Gasteiger partial charge in [-0.15, -0.1) is 0 Å². The zero-order valence-corrected chi connectivity index (χ0v) is 29.5. The van der Waals surface area contributed by atoms with Gasteiger partial charge < -0.3 is 39.4 Å². The summed E-state index contributed by atoms with van der Waals surface area (Å²) in [6.07, 6.45) is -0.602. The molecule has 3 rings (SSSR count). The standard InChI is InChI=1S/C39H50N2O9/c1-28(42)40-32(22-15-23-33(37(44)46-5)41-38(45)50-39(2,3)4)35(48-25-30-18-11-7-12-19-30)36(49-26-31-20-13-8-14-21-31)34(43)27-47-24-29-16-9-6-10-17-29/h6-22,32-36,43H,23-27H2,1-5H3,(H,40,42)(H,41,45)/b22-15+/t32-,33-,34+,35+,36+/m0/s1. The second kappa shape index (κ2) is 20.8. The van der Waals surface area contributed by atoms with Crippen molar-refractivity contribution < 1.29 is 43.2 Å². The van der Waals surface area contributed by atoms with Gasteiger partial charge in [0.05, 0.1) is 39.6 Å². The third-order valence-electron chi connectivity index (χ3n) is 7.29.